The van der Waals surface area contributed by atoms with E-state index in [1.54, 1.807) is 10.6 Å². The Kier molecular flexibility index (Phi) is 5.45. The maximum Gasteiger partial charge on any atom is 0.243 e. The van der Waals surface area contributed by atoms with Gasteiger partial charge in [0.05, 0.1) is 18.5 Å². The van der Waals surface area contributed by atoms with E-state index in [0.29, 0.717) is 43.0 Å². The molecule has 0 atom stereocenters. The third kappa shape index (κ3) is 3.76. The number of fused-ring (bicyclic) bond motifs is 1. The summed E-state index contributed by atoms with van der Waals surface area (Å²) in [6, 6.07) is 3.83. The summed E-state index contributed by atoms with van der Waals surface area (Å²) in [5.41, 5.74) is 6.62. The molecule has 0 radical (unpaired) electrons. The first-order chi connectivity index (χ1) is 14.4. The molecule has 1 fully saturated rings. The molecule has 0 saturated carbocycles. The van der Waals surface area contributed by atoms with Crippen LogP contribution in [0.5, 0.6) is 0 Å². The van der Waals surface area contributed by atoms with Gasteiger partial charge in [0, 0.05) is 43.1 Å². The Balaban J connectivity index is 1.66. The summed E-state index contributed by atoms with van der Waals surface area (Å²) in [6.07, 6.45) is 5.70. The first-order valence-electron chi connectivity index (χ1n) is 9.41. The van der Waals surface area contributed by atoms with Gasteiger partial charge in [0.1, 0.15) is 10.7 Å². The Morgan fingerprint density at radius 2 is 2.07 bits per heavy atom. The maximum absolute atomic E-state index is 14.5. The van der Waals surface area contributed by atoms with Gasteiger partial charge in [-0.3, -0.25) is 4.40 Å². The monoisotopic (exact) mass is 435 g/mol. The molecule has 1 aromatic carbocycles. The SMILES string of the molecule is Nc1nccn2c(-c3ccc(F)c(S(=O)(=O)NCC4(CO)CCOCC4)c3)cnc12. The van der Waals surface area contributed by atoms with Crippen molar-refractivity contribution in [2.75, 3.05) is 32.1 Å². The topological polar surface area (TPSA) is 132 Å². The van der Waals surface area contributed by atoms with Crippen molar-refractivity contribution in [3.8, 4) is 11.3 Å². The van der Waals surface area contributed by atoms with Crippen molar-refractivity contribution in [1.82, 2.24) is 19.1 Å². The number of nitrogens with one attached hydrogen (secondary N) is 1. The van der Waals surface area contributed by atoms with E-state index in [1.165, 1.54) is 24.5 Å². The van der Waals surface area contributed by atoms with Crippen molar-refractivity contribution in [1.29, 1.82) is 0 Å². The summed E-state index contributed by atoms with van der Waals surface area (Å²) in [5.74, 6) is -0.641. The quantitative estimate of drug-likeness (QED) is 0.530. The third-order valence-electron chi connectivity index (χ3n) is 5.50. The summed E-state index contributed by atoms with van der Waals surface area (Å²) in [6.45, 7) is 0.701. The second kappa shape index (κ2) is 7.91. The summed E-state index contributed by atoms with van der Waals surface area (Å²) in [4.78, 5) is 7.70. The minimum absolute atomic E-state index is 0.00330. The largest absolute Gasteiger partial charge is 0.396 e. The van der Waals surface area contributed by atoms with E-state index >= 15 is 0 Å². The lowest BCUT2D eigenvalue weighted by atomic mass is 9.81. The number of aromatic nitrogens is 3. The van der Waals surface area contributed by atoms with E-state index < -0.39 is 26.2 Å². The summed E-state index contributed by atoms with van der Waals surface area (Å²) >= 11 is 0. The molecule has 0 unspecified atom stereocenters. The minimum Gasteiger partial charge on any atom is -0.396 e. The maximum atomic E-state index is 14.5. The van der Waals surface area contributed by atoms with Gasteiger partial charge in [-0.05, 0) is 31.0 Å². The molecule has 2 aromatic heterocycles. The van der Waals surface area contributed by atoms with E-state index in [1.807, 2.05) is 0 Å². The van der Waals surface area contributed by atoms with Crippen LogP contribution in [0.4, 0.5) is 10.2 Å². The first-order valence-corrected chi connectivity index (χ1v) is 10.9. The number of nitrogens with two attached hydrogens (primary N) is 1. The first kappa shape index (κ1) is 20.7. The van der Waals surface area contributed by atoms with Crippen LogP contribution in [0.15, 0.2) is 41.7 Å². The van der Waals surface area contributed by atoms with E-state index in [9.17, 15) is 17.9 Å². The number of halogens is 1. The summed E-state index contributed by atoms with van der Waals surface area (Å²) in [7, 11) is -4.16. The number of anilines is 1. The Labute approximate surface area is 172 Å². The molecule has 30 heavy (non-hydrogen) atoms. The zero-order chi connectivity index (χ0) is 21.4. The highest BCUT2D eigenvalue weighted by Gasteiger charge is 2.34. The van der Waals surface area contributed by atoms with E-state index in [4.69, 9.17) is 10.5 Å². The Morgan fingerprint density at radius 1 is 1.30 bits per heavy atom. The predicted molar refractivity (Wildman–Crippen MR) is 108 cm³/mol. The molecule has 3 heterocycles. The van der Waals surface area contributed by atoms with Crippen LogP contribution in [0.1, 0.15) is 12.8 Å². The van der Waals surface area contributed by atoms with Crippen LogP contribution in [-0.2, 0) is 14.8 Å². The molecule has 1 aliphatic heterocycles. The lowest BCUT2D eigenvalue weighted by molar-refractivity contribution is -0.0126. The third-order valence-corrected chi connectivity index (χ3v) is 6.91. The molecule has 0 spiro atoms. The van der Waals surface area contributed by atoms with Crippen LogP contribution in [0.25, 0.3) is 16.9 Å². The van der Waals surface area contributed by atoms with Gasteiger partial charge in [-0.1, -0.05) is 0 Å². The molecule has 160 valence electrons. The number of nitrogen functional groups attached to an aromatic ring is 1. The number of benzene rings is 1. The molecule has 3 aromatic rings. The summed E-state index contributed by atoms with van der Waals surface area (Å²) < 4.78 is 49.6. The average Bonchev–Trinajstić information content (AvgIpc) is 3.19. The number of hydrogen-bond donors (Lipinski definition) is 3. The smallest absolute Gasteiger partial charge is 0.243 e. The fourth-order valence-corrected chi connectivity index (χ4v) is 4.80. The van der Waals surface area contributed by atoms with Crippen LogP contribution < -0.4 is 10.5 Å². The molecule has 0 aliphatic carbocycles. The van der Waals surface area contributed by atoms with Gasteiger partial charge in [-0.2, -0.15) is 0 Å². The molecule has 4 N–H and O–H groups in total. The molecule has 9 nitrogen and oxygen atoms in total. The number of aliphatic hydroxyl groups excluding tert-OH is 1. The van der Waals surface area contributed by atoms with Gasteiger partial charge in [-0.25, -0.2) is 27.5 Å². The molecule has 1 saturated heterocycles. The number of imidazole rings is 1. The highest BCUT2D eigenvalue weighted by atomic mass is 32.2. The van der Waals surface area contributed by atoms with E-state index in [0.717, 1.165) is 6.07 Å². The van der Waals surface area contributed by atoms with Gasteiger partial charge < -0.3 is 15.6 Å². The number of aliphatic hydroxyl groups is 1. The Bertz CT molecular complexity index is 1170. The molecule has 11 heteroatoms. The van der Waals surface area contributed by atoms with Crippen molar-refractivity contribution in [3.05, 3.63) is 42.6 Å². The lowest BCUT2D eigenvalue weighted by Gasteiger charge is -2.35. The molecule has 1 aliphatic rings. The molecular weight excluding hydrogens is 413 g/mol. The molecule has 0 amide bonds. The molecule has 4 rings (SSSR count). The predicted octanol–water partition coefficient (Wildman–Crippen LogP) is 1.18. The van der Waals surface area contributed by atoms with Crippen molar-refractivity contribution in [2.24, 2.45) is 5.41 Å². The van der Waals surface area contributed by atoms with E-state index in [-0.39, 0.29) is 19.0 Å². The second-order valence-electron chi connectivity index (χ2n) is 7.39. The highest BCUT2D eigenvalue weighted by Crippen LogP contribution is 2.31. The molecular formula is C19H22FN5O4S. The molecule has 0 bridgehead atoms. The van der Waals surface area contributed by atoms with Crippen molar-refractivity contribution in [3.63, 3.8) is 0 Å². The minimum atomic E-state index is -4.16. The highest BCUT2D eigenvalue weighted by molar-refractivity contribution is 7.89. The fourth-order valence-electron chi connectivity index (χ4n) is 3.54. The van der Waals surface area contributed by atoms with Gasteiger partial charge in [0.15, 0.2) is 11.5 Å². The lowest BCUT2D eigenvalue weighted by Crippen LogP contribution is -2.43. The van der Waals surface area contributed by atoms with Gasteiger partial charge in [0.25, 0.3) is 0 Å². The van der Waals surface area contributed by atoms with Crippen LogP contribution in [-0.4, -0.2) is 54.3 Å². The number of hydrogen-bond acceptors (Lipinski definition) is 7. The number of rotatable bonds is 6. The standard InChI is InChI=1S/C19H22FN5O4S/c20-14-2-1-13(15-10-23-18-17(21)22-5-6-25(15)18)9-16(14)30(27,28)24-11-19(12-26)3-7-29-8-4-19/h1-2,5-6,9-10,24,26H,3-4,7-8,11-12H2,(H2,21,22). The van der Waals surface area contributed by atoms with Crippen molar-refractivity contribution >= 4 is 21.5 Å². The Morgan fingerprint density at radius 3 is 2.80 bits per heavy atom. The van der Waals surface area contributed by atoms with Gasteiger partial charge >= 0.3 is 0 Å². The van der Waals surface area contributed by atoms with E-state index in [2.05, 4.69) is 14.7 Å². The second-order valence-corrected chi connectivity index (χ2v) is 9.13. The van der Waals surface area contributed by atoms with Gasteiger partial charge in [-0.15, -0.1) is 0 Å². The normalized spacial score (nSPS) is 16.7. The van der Waals surface area contributed by atoms with Crippen LogP contribution in [0, 0.1) is 11.2 Å². The van der Waals surface area contributed by atoms with Crippen molar-refractivity contribution < 1.29 is 22.7 Å². The Hall–Kier alpha value is -2.60. The van der Waals surface area contributed by atoms with Crippen LogP contribution in [0.3, 0.4) is 0 Å². The number of ether oxygens (including phenoxy) is 1. The summed E-state index contributed by atoms with van der Waals surface area (Å²) in [5, 5.41) is 9.77. The van der Waals surface area contributed by atoms with Crippen molar-refractivity contribution in [2.45, 2.75) is 17.7 Å². The van der Waals surface area contributed by atoms with Crippen LogP contribution in [0.2, 0.25) is 0 Å². The zero-order valence-electron chi connectivity index (χ0n) is 16.1. The average molecular weight is 435 g/mol. The van der Waals surface area contributed by atoms with Gasteiger partial charge in [0.2, 0.25) is 10.0 Å². The fraction of sp³-hybridized carbons (Fsp3) is 0.368. The van der Waals surface area contributed by atoms with Crippen LogP contribution >= 0.6 is 0 Å². The number of sulfonamides is 1. The number of nitrogens with zero attached hydrogens (tertiary/aromatic N) is 3. The zero-order valence-corrected chi connectivity index (χ0v) is 16.9.